The number of rotatable bonds is 1. The molecule has 3 heterocycles. The van der Waals surface area contributed by atoms with E-state index in [-0.39, 0.29) is 6.10 Å². The van der Waals surface area contributed by atoms with Crippen LogP contribution in [0.15, 0.2) is 0 Å². The van der Waals surface area contributed by atoms with Crippen LogP contribution in [0.2, 0.25) is 0 Å². The molecule has 4 nitrogen and oxygen atoms in total. The smallest absolute Gasteiger partial charge is 0.154 e. The quantitative estimate of drug-likeness (QED) is 0.768. The van der Waals surface area contributed by atoms with E-state index in [2.05, 4.69) is 10.1 Å². The number of thioether (sulfide) groups is 1. The summed E-state index contributed by atoms with van der Waals surface area (Å²) in [6.45, 7) is 0.823. The van der Waals surface area contributed by atoms with E-state index in [1.807, 2.05) is 16.4 Å². The van der Waals surface area contributed by atoms with Crippen molar-refractivity contribution in [2.75, 3.05) is 11.5 Å². The highest BCUT2D eigenvalue weighted by Crippen LogP contribution is 2.31. The molecule has 0 bridgehead atoms. The number of hydrogen-bond acceptors (Lipinski definition) is 4. The molecule has 2 aliphatic rings. The molecule has 0 aliphatic carbocycles. The lowest BCUT2D eigenvalue weighted by Gasteiger charge is -2.16. The summed E-state index contributed by atoms with van der Waals surface area (Å²) in [6.07, 6.45) is 2.48. The minimum absolute atomic E-state index is 0.215. The highest BCUT2D eigenvalue weighted by molar-refractivity contribution is 7.99. The van der Waals surface area contributed by atoms with E-state index in [1.54, 1.807) is 0 Å². The van der Waals surface area contributed by atoms with Gasteiger partial charge in [0.1, 0.15) is 5.82 Å². The first kappa shape index (κ1) is 9.66. The van der Waals surface area contributed by atoms with Gasteiger partial charge in [-0.25, -0.2) is 9.67 Å². The normalized spacial score (nSPS) is 30.5. The number of nitrogens with zero attached hydrogens (tertiary/aromatic N) is 3. The van der Waals surface area contributed by atoms with Crippen molar-refractivity contribution < 1.29 is 5.11 Å². The zero-order chi connectivity index (χ0) is 10.3. The van der Waals surface area contributed by atoms with E-state index in [1.165, 1.54) is 12.2 Å². The lowest BCUT2D eigenvalue weighted by molar-refractivity contribution is 0.138. The zero-order valence-electron chi connectivity index (χ0n) is 8.59. The summed E-state index contributed by atoms with van der Waals surface area (Å²) in [7, 11) is 0. The average molecular weight is 225 g/mol. The van der Waals surface area contributed by atoms with Crippen molar-refractivity contribution in [3.8, 4) is 0 Å². The fourth-order valence-corrected chi connectivity index (χ4v) is 3.44. The summed E-state index contributed by atoms with van der Waals surface area (Å²) in [5.74, 6) is 4.92. The maximum atomic E-state index is 9.55. The van der Waals surface area contributed by atoms with Crippen molar-refractivity contribution in [2.45, 2.75) is 37.8 Å². The topological polar surface area (TPSA) is 50.9 Å². The van der Waals surface area contributed by atoms with E-state index in [4.69, 9.17) is 0 Å². The van der Waals surface area contributed by atoms with Crippen LogP contribution in [-0.4, -0.2) is 37.5 Å². The minimum Gasteiger partial charge on any atom is -0.393 e. The van der Waals surface area contributed by atoms with Crippen LogP contribution in [0.25, 0.3) is 0 Å². The molecule has 1 aromatic rings. The van der Waals surface area contributed by atoms with Crippen LogP contribution in [0, 0.1) is 0 Å². The molecule has 2 atom stereocenters. The monoisotopic (exact) mass is 225 g/mol. The molecule has 82 valence electrons. The number of aliphatic hydroxyl groups is 1. The van der Waals surface area contributed by atoms with Gasteiger partial charge in [0.05, 0.1) is 6.10 Å². The molecule has 0 radical (unpaired) electrons. The third-order valence-electron chi connectivity index (χ3n) is 3.15. The van der Waals surface area contributed by atoms with Crippen molar-refractivity contribution in [1.29, 1.82) is 0 Å². The van der Waals surface area contributed by atoms with E-state index < -0.39 is 0 Å². The van der Waals surface area contributed by atoms with Crippen LogP contribution in [0.5, 0.6) is 0 Å². The summed E-state index contributed by atoms with van der Waals surface area (Å²) in [5.41, 5.74) is 0. The standard InChI is InChI=1S/C10H15N3OS/c14-8-1-3-13-9(5-8)11-10(12-13)7-2-4-15-6-7/h7-8,14H,1-6H2. The molecule has 0 spiro atoms. The Labute approximate surface area is 93.1 Å². The second-order valence-corrected chi connectivity index (χ2v) is 5.47. The third-order valence-corrected chi connectivity index (χ3v) is 4.31. The molecule has 1 saturated heterocycles. The Morgan fingerprint density at radius 1 is 1.40 bits per heavy atom. The first-order valence-corrected chi connectivity index (χ1v) is 6.68. The van der Waals surface area contributed by atoms with Gasteiger partial charge in [0, 0.05) is 24.6 Å². The molecule has 0 aromatic carbocycles. The van der Waals surface area contributed by atoms with Crippen molar-refractivity contribution >= 4 is 11.8 Å². The molecule has 1 aromatic heterocycles. The van der Waals surface area contributed by atoms with E-state index >= 15 is 0 Å². The van der Waals surface area contributed by atoms with E-state index in [9.17, 15) is 5.11 Å². The van der Waals surface area contributed by atoms with Crippen LogP contribution in [0.3, 0.4) is 0 Å². The first-order valence-electron chi connectivity index (χ1n) is 5.52. The Balaban J connectivity index is 1.85. The van der Waals surface area contributed by atoms with Crippen molar-refractivity contribution in [3.05, 3.63) is 11.6 Å². The molecule has 0 amide bonds. The SMILES string of the molecule is OC1CCn2nc(C3CCSC3)nc2C1. The highest BCUT2D eigenvalue weighted by Gasteiger charge is 2.25. The Morgan fingerprint density at radius 2 is 2.33 bits per heavy atom. The van der Waals surface area contributed by atoms with Crippen molar-refractivity contribution in [1.82, 2.24) is 14.8 Å². The fourth-order valence-electron chi connectivity index (χ4n) is 2.22. The minimum atomic E-state index is -0.215. The number of fused-ring (bicyclic) bond motifs is 1. The lowest BCUT2D eigenvalue weighted by atomic mass is 10.1. The molecule has 2 unspecified atom stereocenters. The van der Waals surface area contributed by atoms with Crippen molar-refractivity contribution in [2.24, 2.45) is 0 Å². The second kappa shape index (κ2) is 3.79. The summed E-state index contributed by atoms with van der Waals surface area (Å²) in [6, 6.07) is 0. The van der Waals surface area contributed by atoms with Gasteiger partial charge >= 0.3 is 0 Å². The Bertz CT molecular complexity index is 360. The van der Waals surface area contributed by atoms with Gasteiger partial charge in [-0.15, -0.1) is 0 Å². The number of aryl methyl sites for hydroxylation is 1. The lowest BCUT2D eigenvalue weighted by Crippen LogP contribution is -2.23. The summed E-state index contributed by atoms with van der Waals surface area (Å²) < 4.78 is 1.98. The van der Waals surface area contributed by atoms with E-state index in [0.717, 1.165) is 30.4 Å². The summed E-state index contributed by atoms with van der Waals surface area (Å²) in [5, 5.41) is 14.1. The largest absolute Gasteiger partial charge is 0.393 e. The maximum absolute atomic E-state index is 9.55. The van der Waals surface area contributed by atoms with Gasteiger partial charge in [0.2, 0.25) is 0 Å². The fraction of sp³-hybridized carbons (Fsp3) is 0.800. The van der Waals surface area contributed by atoms with Gasteiger partial charge in [-0.3, -0.25) is 0 Å². The molecule has 0 saturated carbocycles. The highest BCUT2D eigenvalue weighted by atomic mass is 32.2. The molecule has 1 fully saturated rings. The van der Waals surface area contributed by atoms with Crippen LogP contribution >= 0.6 is 11.8 Å². The molecule has 1 N–H and O–H groups in total. The van der Waals surface area contributed by atoms with Gasteiger partial charge in [-0.1, -0.05) is 0 Å². The molecule has 2 aliphatic heterocycles. The molecule has 3 rings (SSSR count). The zero-order valence-corrected chi connectivity index (χ0v) is 9.41. The Kier molecular flexibility index (Phi) is 2.44. The Hall–Kier alpha value is -0.550. The molecular formula is C10H15N3OS. The van der Waals surface area contributed by atoms with Crippen LogP contribution in [0.1, 0.15) is 30.4 Å². The summed E-state index contributed by atoms with van der Waals surface area (Å²) in [4.78, 5) is 4.56. The maximum Gasteiger partial charge on any atom is 0.154 e. The van der Waals surface area contributed by atoms with Gasteiger partial charge in [-0.2, -0.15) is 16.9 Å². The summed E-state index contributed by atoms with van der Waals surface area (Å²) >= 11 is 1.98. The van der Waals surface area contributed by atoms with E-state index in [0.29, 0.717) is 12.3 Å². The van der Waals surface area contributed by atoms with Crippen LogP contribution < -0.4 is 0 Å². The van der Waals surface area contributed by atoms with Crippen molar-refractivity contribution in [3.63, 3.8) is 0 Å². The molecular weight excluding hydrogens is 210 g/mol. The average Bonchev–Trinajstić information content (AvgIpc) is 2.84. The second-order valence-electron chi connectivity index (χ2n) is 4.32. The number of aliphatic hydroxyl groups excluding tert-OH is 1. The van der Waals surface area contributed by atoms with Gasteiger partial charge in [0.15, 0.2) is 5.82 Å². The van der Waals surface area contributed by atoms with Crippen LogP contribution in [0.4, 0.5) is 0 Å². The number of aromatic nitrogens is 3. The predicted molar refractivity (Wildman–Crippen MR) is 59.0 cm³/mol. The van der Waals surface area contributed by atoms with Gasteiger partial charge in [-0.05, 0) is 18.6 Å². The number of hydrogen-bond donors (Lipinski definition) is 1. The first-order chi connectivity index (χ1) is 7.33. The molecule has 5 heteroatoms. The molecule has 15 heavy (non-hydrogen) atoms. The predicted octanol–water partition coefficient (Wildman–Crippen LogP) is 0.806. The van der Waals surface area contributed by atoms with Gasteiger partial charge < -0.3 is 5.11 Å². The van der Waals surface area contributed by atoms with Gasteiger partial charge in [0.25, 0.3) is 0 Å². The third kappa shape index (κ3) is 1.78. The Morgan fingerprint density at radius 3 is 3.13 bits per heavy atom. The van der Waals surface area contributed by atoms with Crippen LogP contribution in [-0.2, 0) is 13.0 Å².